The predicted octanol–water partition coefficient (Wildman–Crippen LogP) is 6.83. The van der Waals surface area contributed by atoms with Gasteiger partial charge in [-0.25, -0.2) is 0 Å². The molecule has 1 aliphatic rings. The zero-order valence-electron chi connectivity index (χ0n) is 16.8. The maximum atomic E-state index is 12.4. The van der Waals surface area contributed by atoms with Crippen LogP contribution in [0.2, 0.25) is 10.0 Å². The van der Waals surface area contributed by atoms with E-state index in [0.717, 1.165) is 40.3 Å². The summed E-state index contributed by atoms with van der Waals surface area (Å²) in [6, 6.07) is 20.2. The van der Waals surface area contributed by atoms with E-state index in [4.69, 9.17) is 23.2 Å². The van der Waals surface area contributed by atoms with Crippen LogP contribution >= 0.6 is 35.0 Å². The standard InChI is InChI=1S/C25H23Cl2NOS/c1-30-12-11-28-25(29)19-4-2-3-17(13-19)18-6-5-16-7-9-21(23(16)14-18)22-10-8-20(26)15-24(22)27/h2-6,8,10,13-15,21H,7,9,11-12H2,1H3,(H,28,29). The van der Waals surface area contributed by atoms with E-state index in [1.807, 2.05) is 42.7 Å². The van der Waals surface area contributed by atoms with E-state index < -0.39 is 0 Å². The molecule has 0 spiro atoms. The minimum atomic E-state index is -0.0297. The van der Waals surface area contributed by atoms with Crippen LogP contribution in [0.1, 0.15) is 39.4 Å². The molecule has 0 heterocycles. The monoisotopic (exact) mass is 455 g/mol. The highest BCUT2D eigenvalue weighted by molar-refractivity contribution is 7.98. The number of benzene rings is 3. The van der Waals surface area contributed by atoms with Gasteiger partial charge in [-0.3, -0.25) is 4.79 Å². The third kappa shape index (κ3) is 4.54. The molecule has 0 bridgehead atoms. The van der Waals surface area contributed by atoms with Crippen LogP contribution in [0.4, 0.5) is 0 Å². The molecule has 30 heavy (non-hydrogen) atoms. The molecule has 2 nitrogen and oxygen atoms in total. The first-order chi connectivity index (χ1) is 14.6. The maximum Gasteiger partial charge on any atom is 0.251 e. The first kappa shape index (κ1) is 21.3. The molecule has 3 aromatic rings. The van der Waals surface area contributed by atoms with Crippen molar-refractivity contribution in [3.05, 3.63) is 93.0 Å². The van der Waals surface area contributed by atoms with Crippen molar-refractivity contribution in [3.63, 3.8) is 0 Å². The number of nitrogens with one attached hydrogen (secondary N) is 1. The zero-order valence-corrected chi connectivity index (χ0v) is 19.1. The van der Waals surface area contributed by atoms with Gasteiger partial charge < -0.3 is 5.32 Å². The summed E-state index contributed by atoms with van der Waals surface area (Å²) in [5, 5.41) is 4.35. The van der Waals surface area contributed by atoms with Gasteiger partial charge >= 0.3 is 0 Å². The molecule has 5 heteroatoms. The number of thioether (sulfide) groups is 1. The molecule has 0 saturated heterocycles. The Morgan fingerprint density at radius 2 is 1.87 bits per heavy atom. The van der Waals surface area contributed by atoms with Crippen LogP contribution < -0.4 is 5.32 Å². The molecule has 1 unspecified atom stereocenters. The van der Waals surface area contributed by atoms with E-state index in [1.165, 1.54) is 11.1 Å². The van der Waals surface area contributed by atoms with Crippen LogP contribution in [0.5, 0.6) is 0 Å². The molecule has 1 atom stereocenters. The topological polar surface area (TPSA) is 29.1 Å². The highest BCUT2D eigenvalue weighted by Gasteiger charge is 2.26. The van der Waals surface area contributed by atoms with E-state index in [-0.39, 0.29) is 11.8 Å². The van der Waals surface area contributed by atoms with Crippen LogP contribution in [0.15, 0.2) is 60.7 Å². The van der Waals surface area contributed by atoms with Gasteiger partial charge in [0.2, 0.25) is 0 Å². The number of carbonyl (C=O) groups is 1. The molecular weight excluding hydrogens is 433 g/mol. The average molecular weight is 456 g/mol. The number of fused-ring (bicyclic) bond motifs is 1. The summed E-state index contributed by atoms with van der Waals surface area (Å²) in [6.45, 7) is 0.673. The zero-order chi connectivity index (χ0) is 21.1. The number of amides is 1. The average Bonchev–Trinajstić information content (AvgIpc) is 3.17. The number of rotatable bonds is 6. The van der Waals surface area contributed by atoms with Crippen LogP contribution in [-0.4, -0.2) is 24.5 Å². The second-order valence-corrected chi connectivity index (χ2v) is 9.33. The summed E-state index contributed by atoms with van der Waals surface area (Å²) in [4.78, 5) is 12.4. The fourth-order valence-corrected chi connectivity index (χ4v) is 4.94. The van der Waals surface area contributed by atoms with E-state index in [0.29, 0.717) is 17.1 Å². The third-order valence-corrected chi connectivity index (χ3v) is 6.79. The van der Waals surface area contributed by atoms with Gasteiger partial charge in [0.25, 0.3) is 5.91 Å². The molecule has 154 valence electrons. The van der Waals surface area contributed by atoms with Crippen LogP contribution in [0, 0.1) is 0 Å². The Bertz CT molecular complexity index is 1080. The van der Waals surface area contributed by atoms with Gasteiger partial charge in [0.15, 0.2) is 0 Å². The van der Waals surface area contributed by atoms with Crippen molar-refractivity contribution in [3.8, 4) is 11.1 Å². The maximum absolute atomic E-state index is 12.4. The molecule has 0 aliphatic heterocycles. The van der Waals surface area contributed by atoms with Crippen LogP contribution in [0.3, 0.4) is 0 Å². The quantitative estimate of drug-likeness (QED) is 0.412. The minimum absolute atomic E-state index is 0.0297. The van der Waals surface area contributed by atoms with Crippen molar-refractivity contribution in [2.75, 3.05) is 18.6 Å². The van der Waals surface area contributed by atoms with Gasteiger partial charge in [0, 0.05) is 33.8 Å². The highest BCUT2D eigenvalue weighted by atomic mass is 35.5. The van der Waals surface area contributed by atoms with E-state index >= 15 is 0 Å². The molecule has 1 N–H and O–H groups in total. The third-order valence-electron chi connectivity index (χ3n) is 5.61. The van der Waals surface area contributed by atoms with E-state index in [2.05, 4.69) is 29.6 Å². The lowest BCUT2D eigenvalue weighted by molar-refractivity contribution is 0.0956. The molecule has 1 amide bonds. The van der Waals surface area contributed by atoms with Crippen molar-refractivity contribution in [2.45, 2.75) is 18.8 Å². The van der Waals surface area contributed by atoms with Gasteiger partial charge in [-0.05, 0) is 71.2 Å². The van der Waals surface area contributed by atoms with Gasteiger partial charge in [-0.15, -0.1) is 0 Å². The van der Waals surface area contributed by atoms with E-state index in [9.17, 15) is 4.79 Å². The van der Waals surface area contributed by atoms with E-state index in [1.54, 1.807) is 11.8 Å². The van der Waals surface area contributed by atoms with Crippen molar-refractivity contribution in [1.82, 2.24) is 5.32 Å². The summed E-state index contributed by atoms with van der Waals surface area (Å²) in [7, 11) is 0. The van der Waals surface area contributed by atoms with Crippen molar-refractivity contribution in [1.29, 1.82) is 0 Å². The summed E-state index contributed by atoms with van der Waals surface area (Å²) in [5.74, 6) is 1.14. The lowest BCUT2D eigenvalue weighted by Crippen LogP contribution is -2.25. The lowest BCUT2D eigenvalue weighted by atomic mass is 9.90. The Morgan fingerprint density at radius 3 is 2.67 bits per heavy atom. The number of halogens is 2. The number of aryl methyl sites for hydroxylation is 1. The van der Waals surface area contributed by atoms with Crippen molar-refractivity contribution < 1.29 is 4.79 Å². The Balaban J connectivity index is 1.63. The fraction of sp³-hybridized carbons (Fsp3) is 0.240. The van der Waals surface area contributed by atoms with Crippen molar-refractivity contribution in [2.24, 2.45) is 0 Å². The summed E-state index contributed by atoms with van der Waals surface area (Å²) in [6.07, 6.45) is 4.11. The summed E-state index contributed by atoms with van der Waals surface area (Å²) < 4.78 is 0. The van der Waals surface area contributed by atoms with Crippen LogP contribution in [-0.2, 0) is 6.42 Å². The highest BCUT2D eigenvalue weighted by Crippen LogP contribution is 2.42. The summed E-state index contributed by atoms with van der Waals surface area (Å²) >= 11 is 14.3. The van der Waals surface area contributed by atoms with Crippen LogP contribution in [0.25, 0.3) is 11.1 Å². The van der Waals surface area contributed by atoms with Gasteiger partial charge in [-0.1, -0.05) is 59.6 Å². The molecule has 0 aromatic heterocycles. The predicted molar refractivity (Wildman–Crippen MR) is 129 cm³/mol. The van der Waals surface area contributed by atoms with Gasteiger partial charge in [0.1, 0.15) is 0 Å². The SMILES string of the molecule is CSCCNC(=O)c1cccc(-c2ccc3c(c2)C(c2ccc(Cl)cc2Cl)CC3)c1. The molecular formula is C25H23Cl2NOS. The lowest BCUT2D eigenvalue weighted by Gasteiger charge is -2.16. The number of hydrogen-bond donors (Lipinski definition) is 1. The normalized spacial score (nSPS) is 15.1. The molecule has 3 aromatic carbocycles. The Kier molecular flexibility index (Phi) is 6.72. The molecule has 0 saturated carbocycles. The smallest absolute Gasteiger partial charge is 0.251 e. The second-order valence-electron chi connectivity index (χ2n) is 7.50. The first-order valence-corrected chi connectivity index (χ1v) is 12.2. The number of hydrogen-bond acceptors (Lipinski definition) is 2. The first-order valence-electron chi connectivity index (χ1n) is 10.0. The Morgan fingerprint density at radius 1 is 1.03 bits per heavy atom. The van der Waals surface area contributed by atoms with Gasteiger partial charge in [-0.2, -0.15) is 11.8 Å². The molecule has 4 rings (SSSR count). The summed E-state index contributed by atoms with van der Waals surface area (Å²) in [5.41, 5.74) is 6.64. The molecule has 0 radical (unpaired) electrons. The molecule has 0 fully saturated rings. The van der Waals surface area contributed by atoms with Crippen molar-refractivity contribution >= 4 is 40.9 Å². The largest absolute Gasteiger partial charge is 0.351 e. The Hall–Kier alpha value is -1.94. The fourth-order valence-electron chi connectivity index (χ4n) is 4.10. The minimum Gasteiger partial charge on any atom is -0.351 e. The molecule has 1 aliphatic carbocycles. The Labute approximate surface area is 192 Å². The second kappa shape index (κ2) is 9.47. The van der Waals surface area contributed by atoms with Gasteiger partial charge in [0.05, 0.1) is 0 Å². The number of carbonyl (C=O) groups excluding carboxylic acids is 1.